The molecule has 0 spiro atoms. The van der Waals surface area contributed by atoms with Crippen LogP contribution in [0.2, 0.25) is 0 Å². The number of nitrogens with zero attached hydrogens (tertiary/aromatic N) is 1. The van der Waals surface area contributed by atoms with Crippen LogP contribution in [-0.2, 0) is 34.7 Å². The van der Waals surface area contributed by atoms with Gasteiger partial charge in [-0.05, 0) is 45.7 Å². The molecule has 7 nitrogen and oxygen atoms in total. The molecule has 2 aromatic rings. The summed E-state index contributed by atoms with van der Waals surface area (Å²) >= 11 is 0. The number of rotatable bonds is 5. The number of ether oxygens (including phenoxy) is 2. The second-order valence-corrected chi connectivity index (χ2v) is 12.3. The highest BCUT2D eigenvalue weighted by Crippen LogP contribution is 2.47. The molecular formula is C27H29NO6S. The lowest BCUT2D eigenvalue weighted by molar-refractivity contribution is -0.161. The predicted octanol–water partition coefficient (Wildman–Crippen LogP) is 3.87. The molecule has 0 aliphatic carbocycles. The number of hydrogen-bond donors (Lipinski definition) is 0. The highest BCUT2D eigenvalue weighted by atomic mass is 32.2. The van der Waals surface area contributed by atoms with Crippen molar-refractivity contribution in [2.45, 2.75) is 56.9 Å². The number of carbonyl (C=O) groups excluding carboxylic acids is 3. The number of carbonyl (C=O) groups is 3. The minimum Gasteiger partial charge on any atom is -0.451 e. The van der Waals surface area contributed by atoms with Crippen molar-refractivity contribution in [1.29, 1.82) is 0 Å². The normalized spacial score (nSPS) is 24.2. The van der Waals surface area contributed by atoms with Gasteiger partial charge in [-0.3, -0.25) is 13.8 Å². The van der Waals surface area contributed by atoms with Gasteiger partial charge in [-0.2, -0.15) is 0 Å². The fourth-order valence-corrected chi connectivity index (χ4v) is 6.03. The molecule has 35 heavy (non-hydrogen) atoms. The second-order valence-electron chi connectivity index (χ2n) is 10.2. The zero-order valence-corrected chi connectivity index (χ0v) is 21.2. The van der Waals surface area contributed by atoms with Gasteiger partial charge in [0.25, 0.3) is 5.91 Å². The van der Waals surface area contributed by atoms with E-state index in [1.54, 1.807) is 34.6 Å². The maximum Gasteiger partial charge on any atom is 0.331 e. The van der Waals surface area contributed by atoms with Crippen molar-refractivity contribution in [3.05, 3.63) is 83.6 Å². The van der Waals surface area contributed by atoms with Crippen LogP contribution in [0.15, 0.2) is 72.5 Å². The summed E-state index contributed by atoms with van der Waals surface area (Å²) in [7, 11) is -1.62. The molecule has 2 aromatic carbocycles. The van der Waals surface area contributed by atoms with E-state index < -0.39 is 56.3 Å². The molecule has 2 fully saturated rings. The van der Waals surface area contributed by atoms with Gasteiger partial charge in [0, 0.05) is 0 Å². The molecule has 0 N–H and O–H groups in total. The van der Waals surface area contributed by atoms with Crippen LogP contribution in [0, 0.1) is 5.41 Å². The maximum absolute atomic E-state index is 13.5. The van der Waals surface area contributed by atoms with E-state index in [1.165, 1.54) is 4.90 Å². The van der Waals surface area contributed by atoms with Crippen LogP contribution in [0.1, 0.15) is 51.8 Å². The monoisotopic (exact) mass is 495 g/mol. The third-order valence-corrected chi connectivity index (χ3v) is 8.37. The summed E-state index contributed by atoms with van der Waals surface area (Å²) in [5, 5.41) is -0.838. The molecular weight excluding hydrogens is 466 g/mol. The van der Waals surface area contributed by atoms with E-state index in [9.17, 15) is 18.6 Å². The SMILES string of the molecule is CC(C)(C)C(=O)O/C=C1/C(=O)N2[C@@H]1S(=O)C(C)(C)[C@@H]2C(=O)OC(c1ccccc1)c1ccccc1. The molecule has 0 aromatic heterocycles. The first-order chi connectivity index (χ1) is 16.4. The summed E-state index contributed by atoms with van der Waals surface area (Å²) in [4.78, 5) is 40.0. The number of benzene rings is 2. The Morgan fingerprint density at radius 3 is 2.00 bits per heavy atom. The molecule has 2 aliphatic rings. The zero-order valence-electron chi connectivity index (χ0n) is 20.4. The molecule has 2 aliphatic heterocycles. The molecule has 0 saturated carbocycles. The van der Waals surface area contributed by atoms with E-state index in [-0.39, 0.29) is 5.57 Å². The Hall–Kier alpha value is -3.26. The third-order valence-electron chi connectivity index (χ3n) is 6.23. The lowest BCUT2D eigenvalue weighted by Crippen LogP contribution is -2.59. The van der Waals surface area contributed by atoms with E-state index in [0.717, 1.165) is 17.4 Å². The van der Waals surface area contributed by atoms with Gasteiger partial charge in [0.1, 0.15) is 17.7 Å². The van der Waals surface area contributed by atoms with Crippen LogP contribution in [0.25, 0.3) is 0 Å². The van der Waals surface area contributed by atoms with Crippen LogP contribution in [0.4, 0.5) is 0 Å². The van der Waals surface area contributed by atoms with Gasteiger partial charge >= 0.3 is 11.9 Å². The van der Waals surface area contributed by atoms with Crippen LogP contribution >= 0.6 is 0 Å². The highest BCUT2D eigenvalue weighted by Gasteiger charge is 2.66. The van der Waals surface area contributed by atoms with Gasteiger partial charge < -0.3 is 14.4 Å². The topological polar surface area (TPSA) is 90.0 Å². The molecule has 2 heterocycles. The van der Waals surface area contributed by atoms with Gasteiger partial charge in [-0.15, -0.1) is 0 Å². The van der Waals surface area contributed by atoms with Crippen molar-refractivity contribution in [3.8, 4) is 0 Å². The van der Waals surface area contributed by atoms with E-state index in [2.05, 4.69) is 0 Å². The number of fused-ring (bicyclic) bond motifs is 1. The van der Waals surface area contributed by atoms with Crippen molar-refractivity contribution in [1.82, 2.24) is 4.90 Å². The summed E-state index contributed by atoms with van der Waals surface area (Å²) < 4.78 is 23.5. The molecule has 1 amide bonds. The number of β-lactam (4-membered cyclic amide) rings is 1. The minimum atomic E-state index is -1.62. The first-order valence-electron chi connectivity index (χ1n) is 11.4. The lowest BCUT2D eigenvalue weighted by atomic mass is 9.95. The van der Waals surface area contributed by atoms with Gasteiger partial charge in [0.05, 0.1) is 26.5 Å². The Morgan fingerprint density at radius 2 is 1.51 bits per heavy atom. The summed E-state index contributed by atoms with van der Waals surface area (Å²) in [6.07, 6.45) is 0.391. The number of hydrogen-bond acceptors (Lipinski definition) is 6. The average Bonchev–Trinajstić information content (AvgIpc) is 3.01. The van der Waals surface area contributed by atoms with Crippen LogP contribution < -0.4 is 0 Å². The zero-order chi connectivity index (χ0) is 25.5. The first kappa shape index (κ1) is 24.9. The van der Waals surface area contributed by atoms with Crippen LogP contribution in [0.5, 0.6) is 0 Å². The van der Waals surface area contributed by atoms with E-state index in [1.807, 2.05) is 60.7 Å². The molecule has 3 atom stereocenters. The van der Waals surface area contributed by atoms with Crippen LogP contribution in [0.3, 0.4) is 0 Å². The Labute approximate surface area is 207 Å². The van der Waals surface area contributed by atoms with Gasteiger partial charge in [-0.1, -0.05) is 60.7 Å². The van der Waals surface area contributed by atoms with Gasteiger partial charge in [0.2, 0.25) is 0 Å². The quantitative estimate of drug-likeness (QED) is 0.271. The van der Waals surface area contributed by atoms with E-state index >= 15 is 0 Å². The van der Waals surface area contributed by atoms with E-state index in [4.69, 9.17) is 9.47 Å². The molecule has 2 saturated heterocycles. The van der Waals surface area contributed by atoms with Crippen LogP contribution in [-0.4, -0.2) is 43.1 Å². The Balaban J connectivity index is 1.61. The maximum atomic E-state index is 13.5. The Morgan fingerprint density at radius 1 is 1.00 bits per heavy atom. The molecule has 1 unspecified atom stereocenters. The Kier molecular flexibility index (Phi) is 6.44. The summed E-state index contributed by atoms with van der Waals surface area (Å²) in [5.41, 5.74) is 0.927. The predicted molar refractivity (Wildman–Crippen MR) is 131 cm³/mol. The van der Waals surface area contributed by atoms with Gasteiger partial charge in [0.15, 0.2) is 6.10 Å². The summed E-state index contributed by atoms with van der Waals surface area (Å²) in [6.45, 7) is 8.45. The third kappa shape index (κ3) is 4.43. The average molecular weight is 496 g/mol. The fraction of sp³-hybridized carbons (Fsp3) is 0.370. The smallest absolute Gasteiger partial charge is 0.331 e. The highest BCUT2D eigenvalue weighted by molar-refractivity contribution is 7.87. The van der Waals surface area contributed by atoms with Gasteiger partial charge in [-0.25, -0.2) is 4.79 Å². The van der Waals surface area contributed by atoms with Crippen molar-refractivity contribution >= 4 is 28.6 Å². The first-order valence-corrected chi connectivity index (χ1v) is 12.6. The van der Waals surface area contributed by atoms with E-state index in [0.29, 0.717) is 0 Å². The minimum absolute atomic E-state index is 0.118. The standard InChI is InChI=1S/C27H29NO6S/c1-26(2,3)25(31)33-16-19-22(29)28-21(27(4,5)35(32)23(19)28)24(30)34-20(17-12-8-6-9-13-17)18-14-10-7-11-15-18/h6-16,20-21,23H,1-5H3/b19-16-/t21-,23+,35?/m0/s1. The van der Waals surface area contributed by atoms with Crippen molar-refractivity contribution in [3.63, 3.8) is 0 Å². The fourth-order valence-electron chi connectivity index (χ4n) is 4.21. The molecule has 0 bridgehead atoms. The molecule has 0 radical (unpaired) electrons. The summed E-state index contributed by atoms with van der Waals surface area (Å²) in [6, 6.07) is 17.6. The summed E-state index contributed by atoms with van der Waals surface area (Å²) in [5.74, 6) is -1.64. The largest absolute Gasteiger partial charge is 0.451 e. The Bertz CT molecular complexity index is 1160. The molecule has 8 heteroatoms. The van der Waals surface area contributed by atoms with Crippen molar-refractivity contribution in [2.24, 2.45) is 5.41 Å². The lowest BCUT2D eigenvalue weighted by Gasteiger charge is -2.39. The number of esters is 2. The molecule has 184 valence electrons. The van der Waals surface area contributed by atoms with Crippen molar-refractivity contribution in [2.75, 3.05) is 0 Å². The second kappa shape index (κ2) is 9.07. The molecule has 4 rings (SSSR count). The van der Waals surface area contributed by atoms with Crippen molar-refractivity contribution < 1.29 is 28.1 Å². The number of amides is 1.